The van der Waals surface area contributed by atoms with Gasteiger partial charge < -0.3 is 9.47 Å². The standard InChI is InChI=1S/C21H31N3O3S/c1-6-23(20(25)17(4)5)14-19-12-22-21(24(19)13-16(2)3)28(26,27)15-18-10-8-7-9-11-18/h7-12,16-17H,6,13-15H2,1-5H3. The lowest BCUT2D eigenvalue weighted by Crippen LogP contribution is -2.34. The second kappa shape index (κ2) is 9.37. The number of hydrogen-bond donors (Lipinski definition) is 0. The molecular weight excluding hydrogens is 374 g/mol. The number of nitrogens with zero attached hydrogens (tertiary/aromatic N) is 3. The van der Waals surface area contributed by atoms with Crippen molar-refractivity contribution in [1.29, 1.82) is 0 Å². The van der Waals surface area contributed by atoms with Gasteiger partial charge in [0.25, 0.3) is 0 Å². The lowest BCUT2D eigenvalue weighted by atomic mass is 10.2. The number of carbonyl (C=O) groups is 1. The maximum atomic E-state index is 13.1. The number of imidazole rings is 1. The fourth-order valence-electron chi connectivity index (χ4n) is 3.09. The van der Waals surface area contributed by atoms with E-state index in [1.165, 1.54) is 0 Å². The molecule has 0 saturated heterocycles. The number of amides is 1. The van der Waals surface area contributed by atoms with Gasteiger partial charge in [-0.05, 0) is 18.4 Å². The molecule has 1 amide bonds. The van der Waals surface area contributed by atoms with Crippen molar-refractivity contribution in [3.05, 3.63) is 47.8 Å². The first kappa shape index (κ1) is 22.1. The van der Waals surface area contributed by atoms with Crippen LogP contribution in [0.5, 0.6) is 0 Å². The van der Waals surface area contributed by atoms with Crippen LogP contribution in [0, 0.1) is 11.8 Å². The zero-order valence-electron chi connectivity index (χ0n) is 17.4. The van der Waals surface area contributed by atoms with Crippen molar-refractivity contribution in [2.75, 3.05) is 6.54 Å². The molecule has 0 aliphatic rings. The van der Waals surface area contributed by atoms with E-state index in [1.807, 2.05) is 52.8 Å². The lowest BCUT2D eigenvalue weighted by Gasteiger charge is -2.24. The molecular formula is C21H31N3O3S. The second-order valence-corrected chi connectivity index (χ2v) is 9.67. The molecule has 0 spiro atoms. The number of sulfone groups is 1. The molecule has 1 heterocycles. The van der Waals surface area contributed by atoms with Crippen molar-refractivity contribution >= 4 is 15.7 Å². The largest absolute Gasteiger partial charge is 0.337 e. The molecule has 1 aromatic carbocycles. The molecule has 0 unspecified atom stereocenters. The van der Waals surface area contributed by atoms with Crippen LogP contribution in [0.25, 0.3) is 0 Å². The lowest BCUT2D eigenvalue weighted by molar-refractivity contribution is -0.134. The molecule has 0 atom stereocenters. The Labute approximate surface area is 168 Å². The average Bonchev–Trinajstić information content (AvgIpc) is 3.02. The molecule has 0 saturated carbocycles. The third-order valence-corrected chi connectivity index (χ3v) is 6.06. The fourth-order valence-corrected chi connectivity index (χ4v) is 4.59. The van der Waals surface area contributed by atoms with E-state index in [1.54, 1.807) is 27.8 Å². The summed E-state index contributed by atoms with van der Waals surface area (Å²) < 4.78 is 27.9. The predicted molar refractivity (Wildman–Crippen MR) is 110 cm³/mol. The Balaban J connectivity index is 2.39. The zero-order valence-corrected chi connectivity index (χ0v) is 18.2. The summed E-state index contributed by atoms with van der Waals surface area (Å²) in [6.45, 7) is 11.2. The second-order valence-electron chi connectivity index (χ2n) is 7.79. The Morgan fingerprint density at radius 1 is 1.14 bits per heavy atom. The molecule has 1 aromatic heterocycles. The van der Waals surface area contributed by atoms with E-state index < -0.39 is 9.84 Å². The summed E-state index contributed by atoms with van der Waals surface area (Å²) in [6.07, 6.45) is 1.59. The van der Waals surface area contributed by atoms with Crippen LogP contribution in [-0.2, 0) is 33.5 Å². The van der Waals surface area contributed by atoms with Crippen molar-refractivity contribution in [3.8, 4) is 0 Å². The number of benzene rings is 1. The summed E-state index contributed by atoms with van der Waals surface area (Å²) >= 11 is 0. The first-order valence-corrected chi connectivity index (χ1v) is 11.4. The Morgan fingerprint density at radius 3 is 2.32 bits per heavy atom. The van der Waals surface area contributed by atoms with E-state index in [9.17, 15) is 13.2 Å². The maximum Gasteiger partial charge on any atom is 0.228 e. The van der Waals surface area contributed by atoms with Gasteiger partial charge in [0.2, 0.25) is 20.9 Å². The maximum absolute atomic E-state index is 13.1. The number of rotatable bonds is 9. The highest BCUT2D eigenvalue weighted by atomic mass is 32.2. The summed E-state index contributed by atoms with van der Waals surface area (Å²) in [5.41, 5.74) is 1.48. The monoisotopic (exact) mass is 405 g/mol. The van der Waals surface area contributed by atoms with Crippen LogP contribution in [0.15, 0.2) is 41.7 Å². The van der Waals surface area contributed by atoms with Crippen LogP contribution < -0.4 is 0 Å². The van der Waals surface area contributed by atoms with Crippen LogP contribution in [0.3, 0.4) is 0 Å². The third kappa shape index (κ3) is 5.44. The van der Waals surface area contributed by atoms with E-state index in [0.717, 1.165) is 11.3 Å². The van der Waals surface area contributed by atoms with Gasteiger partial charge >= 0.3 is 0 Å². The van der Waals surface area contributed by atoms with Gasteiger partial charge in [-0.2, -0.15) is 0 Å². The molecule has 2 aromatic rings. The van der Waals surface area contributed by atoms with E-state index in [-0.39, 0.29) is 28.7 Å². The van der Waals surface area contributed by atoms with Gasteiger partial charge in [-0.25, -0.2) is 13.4 Å². The van der Waals surface area contributed by atoms with Crippen molar-refractivity contribution in [2.24, 2.45) is 11.8 Å². The van der Waals surface area contributed by atoms with E-state index in [2.05, 4.69) is 4.98 Å². The highest BCUT2D eigenvalue weighted by Crippen LogP contribution is 2.20. The van der Waals surface area contributed by atoms with Crippen molar-refractivity contribution in [2.45, 2.75) is 58.6 Å². The van der Waals surface area contributed by atoms with Gasteiger partial charge in [-0.1, -0.05) is 58.0 Å². The van der Waals surface area contributed by atoms with Crippen molar-refractivity contribution in [1.82, 2.24) is 14.5 Å². The summed E-state index contributed by atoms with van der Waals surface area (Å²) in [6, 6.07) is 9.11. The molecule has 0 aliphatic heterocycles. The van der Waals surface area contributed by atoms with Crippen LogP contribution in [0.4, 0.5) is 0 Å². The first-order valence-electron chi connectivity index (χ1n) is 9.75. The quantitative estimate of drug-likeness (QED) is 0.640. The van der Waals surface area contributed by atoms with Crippen LogP contribution in [0.1, 0.15) is 45.9 Å². The normalized spacial score (nSPS) is 12.0. The Bertz CT molecular complexity index is 887. The topological polar surface area (TPSA) is 72.3 Å². The molecule has 6 nitrogen and oxygen atoms in total. The molecule has 154 valence electrons. The summed E-state index contributed by atoms with van der Waals surface area (Å²) in [7, 11) is -3.60. The Hall–Kier alpha value is -2.15. The Kier molecular flexibility index (Phi) is 7.41. The summed E-state index contributed by atoms with van der Waals surface area (Å²) in [4.78, 5) is 18.4. The average molecular weight is 406 g/mol. The number of hydrogen-bond acceptors (Lipinski definition) is 4. The van der Waals surface area contributed by atoms with E-state index in [4.69, 9.17) is 0 Å². The Morgan fingerprint density at radius 2 is 1.79 bits per heavy atom. The fraction of sp³-hybridized carbons (Fsp3) is 0.524. The number of carbonyl (C=O) groups excluding carboxylic acids is 1. The molecule has 28 heavy (non-hydrogen) atoms. The number of aromatic nitrogens is 2. The van der Waals surface area contributed by atoms with Crippen LogP contribution in [0.2, 0.25) is 0 Å². The molecule has 0 N–H and O–H groups in total. The SMILES string of the molecule is CCN(Cc1cnc(S(=O)(=O)Cc2ccccc2)n1CC(C)C)C(=O)C(C)C. The molecule has 0 radical (unpaired) electrons. The van der Waals surface area contributed by atoms with Crippen LogP contribution >= 0.6 is 0 Å². The van der Waals surface area contributed by atoms with Gasteiger partial charge in [-0.3, -0.25) is 4.79 Å². The van der Waals surface area contributed by atoms with Gasteiger partial charge in [0.15, 0.2) is 0 Å². The highest BCUT2D eigenvalue weighted by molar-refractivity contribution is 7.90. The molecule has 2 rings (SSSR count). The minimum Gasteiger partial charge on any atom is -0.337 e. The van der Waals surface area contributed by atoms with E-state index in [0.29, 0.717) is 19.6 Å². The summed E-state index contributed by atoms with van der Waals surface area (Å²) in [5.74, 6) is 0.0934. The predicted octanol–water partition coefficient (Wildman–Crippen LogP) is 3.52. The van der Waals surface area contributed by atoms with Gasteiger partial charge in [0.05, 0.1) is 24.2 Å². The third-order valence-electron chi connectivity index (χ3n) is 4.47. The van der Waals surface area contributed by atoms with Crippen LogP contribution in [-0.4, -0.2) is 35.3 Å². The van der Waals surface area contributed by atoms with E-state index >= 15 is 0 Å². The molecule has 0 bridgehead atoms. The summed E-state index contributed by atoms with van der Waals surface area (Å²) in [5, 5.41) is 0.0769. The van der Waals surface area contributed by atoms with Crippen molar-refractivity contribution in [3.63, 3.8) is 0 Å². The van der Waals surface area contributed by atoms with Gasteiger partial charge in [0, 0.05) is 19.0 Å². The smallest absolute Gasteiger partial charge is 0.228 e. The zero-order chi connectivity index (χ0) is 20.9. The molecule has 0 aliphatic carbocycles. The van der Waals surface area contributed by atoms with Crippen molar-refractivity contribution < 1.29 is 13.2 Å². The minimum absolute atomic E-state index is 0.0495. The van der Waals surface area contributed by atoms with Gasteiger partial charge in [-0.15, -0.1) is 0 Å². The van der Waals surface area contributed by atoms with Gasteiger partial charge in [0.1, 0.15) is 0 Å². The minimum atomic E-state index is -3.60. The molecule has 0 fully saturated rings. The highest BCUT2D eigenvalue weighted by Gasteiger charge is 2.26. The molecule has 7 heteroatoms. The first-order chi connectivity index (χ1) is 13.2.